The summed E-state index contributed by atoms with van der Waals surface area (Å²) >= 11 is 0. The summed E-state index contributed by atoms with van der Waals surface area (Å²) in [5.41, 5.74) is 5.59. The Bertz CT molecular complexity index is 320. The second kappa shape index (κ2) is 12.0. The zero-order chi connectivity index (χ0) is 13.1. The number of ether oxygens (including phenoxy) is 1. The number of rotatable bonds is 9. The second-order valence-electron chi connectivity index (χ2n) is 3.73. The van der Waals surface area contributed by atoms with Gasteiger partial charge >= 0.3 is 0 Å². The van der Waals surface area contributed by atoms with Crippen LogP contribution < -0.4 is 11.1 Å². The van der Waals surface area contributed by atoms with E-state index in [0.29, 0.717) is 32.1 Å². The molecule has 0 saturated heterocycles. The number of nitrogens with zero attached hydrogens (tertiary/aromatic N) is 1. The third-order valence-corrected chi connectivity index (χ3v) is 2.96. The summed E-state index contributed by atoms with van der Waals surface area (Å²) in [5, 5.41) is 2.94. The fourth-order valence-electron chi connectivity index (χ4n) is 1.12. The maximum Gasteiger partial charge on any atom is 0.188 e. The first-order valence-corrected chi connectivity index (χ1v) is 7.81. The Morgan fingerprint density at radius 3 is 2.61 bits per heavy atom. The van der Waals surface area contributed by atoms with Crippen molar-refractivity contribution in [1.82, 2.24) is 5.32 Å². The third-order valence-electron chi connectivity index (χ3n) is 1.93. The van der Waals surface area contributed by atoms with Gasteiger partial charge in [-0.3, -0.25) is 4.99 Å². The summed E-state index contributed by atoms with van der Waals surface area (Å²) in [5.74, 6) is 0.503. The molecule has 0 spiro atoms. The first-order chi connectivity index (χ1) is 7.95. The highest BCUT2D eigenvalue weighted by molar-refractivity contribution is 14.0. The minimum Gasteiger partial charge on any atom is -0.382 e. The first-order valence-electron chi connectivity index (χ1n) is 5.75. The summed E-state index contributed by atoms with van der Waals surface area (Å²) in [6.45, 7) is 4.50. The Morgan fingerprint density at radius 1 is 1.39 bits per heavy atom. The van der Waals surface area contributed by atoms with Crippen LogP contribution in [-0.4, -0.2) is 52.7 Å². The van der Waals surface area contributed by atoms with E-state index in [-0.39, 0.29) is 29.7 Å². The van der Waals surface area contributed by atoms with Gasteiger partial charge in [0.2, 0.25) is 0 Å². The van der Waals surface area contributed by atoms with E-state index < -0.39 is 9.84 Å². The van der Waals surface area contributed by atoms with Crippen LogP contribution in [0, 0.1) is 0 Å². The molecule has 6 nitrogen and oxygen atoms in total. The lowest BCUT2D eigenvalue weighted by atomic mass is 10.4. The van der Waals surface area contributed by atoms with Gasteiger partial charge in [-0.05, 0) is 19.8 Å². The fraction of sp³-hybridized carbons (Fsp3) is 0.900. The summed E-state index contributed by atoms with van der Waals surface area (Å²) < 4.78 is 26.8. The minimum atomic E-state index is -2.90. The average molecular weight is 393 g/mol. The van der Waals surface area contributed by atoms with Gasteiger partial charge in [-0.1, -0.05) is 0 Å². The zero-order valence-electron chi connectivity index (χ0n) is 11.0. The van der Waals surface area contributed by atoms with Crippen LogP contribution in [-0.2, 0) is 14.6 Å². The molecule has 18 heavy (non-hydrogen) atoms. The number of hydrogen-bond donors (Lipinski definition) is 2. The molecular weight excluding hydrogens is 369 g/mol. The molecule has 0 heterocycles. The van der Waals surface area contributed by atoms with Crippen LogP contribution in [0.4, 0.5) is 0 Å². The first kappa shape index (κ1) is 20.2. The molecule has 3 N–H and O–H groups in total. The molecule has 0 aliphatic rings. The van der Waals surface area contributed by atoms with Crippen molar-refractivity contribution >= 4 is 39.8 Å². The Morgan fingerprint density at radius 2 is 2.06 bits per heavy atom. The minimum absolute atomic E-state index is 0. The zero-order valence-corrected chi connectivity index (χ0v) is 14.2. The fourth-order valence-corrected chi connectivity index (χ4v) is 1.77. The molecule has 0 rings (SSSR count). The van der Waals surface area contributed by atoms with Crippen LogP contribution in [0.1, 0.15) is 19.8 Å². The number of guanidine groups is 1. The van der Waals surface area contributed by atoms with E-state index in [0.717, 1.165) is 13.0 Å². The molecular formula is C10H24IN3O3S. The van der Waals surface area contributed by atoms with Crippen molar-refractivity contribution in [2.75, 3.05) is 38.3 Å². The third kappa shape index (κ3) is 15.9. The Balaban J connectivity index is 0. The van der Waals surface area contributed by atoms with Crippen LogP contribution in [0.3, 0.4) is 0 Å². The molecule has 0 atom stereocenters. The molecule has 0 radical (unpaired) electrons. The van der Waals surface area contributed by atoms with E-state index in [1.54, 1.807) is 0 Å². The van der Waals surface area contributed by atoms with Crippen molar-refractivity contribution in [3.05, 3.63) is 0 Å². The van der Waals surface area contributed by atoms with E-state index in [1.165, 1.54) is 6.26 Å². The van der Waals surface area contributed by atoms with E-state index in [2.05, 4.69) is 10.3 Å². The number of hydrogen-bond acceptors (Lipinski definition) is 4. The predicted octanol–water partition coefficient (Wildman–Crippen LogP) is 0.370. The smallest absolute Gasteiger partial charge is 0.188 e. The Kier molecular flexibility index (Phi) is 13.5. The van der Waals surface area contributed by atoms with Gasteiger partial charge in [0.15, 0.2) is 5.96 Å². The molecule has 0 unspecified atom stereocenters. The van der Waals surface area contributed by atoms with Crippen LogP contribution in [0.25, 0.3) is 0 Å². The molecule has 0 aliphatic heterocycles. The molecule has 0 aliphatic carbocycles. The Hall–Kier alpha value is -0.0900. The molecule has 0 bridgehead atoms. The molecule has 0 amide bonds. The van der Waals surface area contributed by atoms with Gasteiger partial charge in [0.25, 0.3) is 0 Å². The van der Waals surface area contributed by atoms with Gasteiger partial charge in [0.1, 0.15) is 9.84 Å². The number of nitrogens with two attached hydrogens (primary N) is 1. The summed E-state index contributed by atoms with van der Waals surface area (Å²) in [4.78, 5) is 4.02. The molecule has 0 aromatic rings. The van der Waals surface area contributed by atoms with E-state index in [1.807, 2.05) is 6.92 Å². The lowest BCUT2D eigenvalue weighted by Crippen LogP contribution is -2.33. The van der Waals surface area contributed by atoms with Crippen LogP contribution in [0.15, 0.2) is 4.99 Å². The quantitative estimate of drug-likeness (QED) is 0.256. The lowest BCUT2D eigenvalue weighted by molar-refractivity contribution is 0.145. The molecule has 0 saturated carbocycles. The van der Waals surface area contributed by atoms with Gasteiger partial charge < -0.3 is 15.8 Å². The number of nitrogens with one attached hydrogen (secondary N) is 1. The van der Waals surface area contributed by atoms with E-state index in [4.69, 9.17) is 10.5 Å². The maximum absolute atomic E-state index is 10.8. The average Bonchev–Trinajstić information content (AvgIpc) is 2.23. The second-order valence-corrected chi connectivity index (χ2v) is 5.99. The summed E-state index contributed by atoms with van der Waals surface area (Å²) in [6, 6.07) is 0. The van der Waals surface area contributed by atoms with E-state index in [9.17, 15) is 8.42 Å². The normalized spacial score (nSPS) is 12.0. The highest BCUT2D eigenvalue weighted by Gasteiger charge is 2.00. The summed E-state index contributed by atoms with van der Waals surface area (Å²) in [7, 11) is -2.90. The van der Waals surface area contributed by atoms with Crippen molar-refractivity contribution in [2.24, 2.45) is 10.7 Å². The molecule has 0 aromatic heterocycles. The van der Waals surface area contributed by atoms with Crippen molar-refractivity contribution in [1.29, 1.82) is 0 Å². The lowest BCUT2D eigenvalue weighted by Gasteiger charge is -2.05. The molecule has 110 valence electrons. The predicted molar refractivity (Wildman–Crippen MR) is 85.3 cm³/mol. The van der Waals surface area contributed by atoms with Crippen molar-refractivity contribution < 1.29 is 13.2 Å². The number of halogens is 1. The maximum atomic E-state index is 10.8. The van der Waals surface area contributed by atoms with Gasteiger partial charge in [-0.15, -0.1) is 24.0 Å². The molecule has 0 fully saturated rings. The summed E-state index contributed by atoms with van der Waals surface area (Å²) in [6.07, 6.45) is 2.58. The monoisotopic (exact) mass is 393 g/mol. The van der Waals surface area contributed by atoms with Crippen molar-refractivity contribution in [3.63, 3.8) is 0 Å². The van der Waals surface area contributed by atoms with Crippen LogP contribution in [0.2, 0.25) is 0 Å². The van der Waals surface area contributed by atoms with Crippen molar-refractivity contribution in [3.8, 4) is 0 Å². The van der Waals surface area contributed by atoms with Crippen molar-refractivity contribution in [2.45, 2.75) is 19.8 Å². The van der Waals surface area contributed by atoms with Crippen LogP contribution >= 0.6 is 24.0 Å². The standard InChI is InChI=1S/C10H23N3O3S.HI/c1-3-16-8-4-6-12-10(11)13-7-5-9-17(2,14)15;/h3-9H2,1-2H3,(H3,11,12,13);1H. The number of aliphatic imine (C=N–C) groups is 1. The highest BCUT2D eigenvalue weighted by atomic mass is 127. The molecule has 0 aromatic carbocycles. The Labute approximate surface area is 127 Å². The number of sulfone groups is 1. The van der Waals surface area contributed by atoms with Gasteiger partial charge in [-0.2, -0.15) is 0 Å². The highest BCUT2D eigenvalue weighted by Crippen LogP contribution is 1.89. The largest absolute Gasteiger partial charge is 0.382 e. The van der Waals surface area contributed by atoms with Gasteiger partial charge in [-0.25, -0.2) is 8.42 Å². The van der Waals surface area contributed by atoms with E-state index >= 15 is 0 Å². The van der Waals surface area contributed by atoms with Crippen LogP contribution in [0.5, 0.6) is 0 Å². The van der Waals surface area contributed by atoms with Gasteiger partial charge in [0.05, 0.1) is 5.75 Å². The topological polar surface area (TPSA) is 93.8 Å². The molecule has 8 heteroatoms. The van der Waals surface area contributed by atoms with Gasteiger partial charge in [0, 0.05) is 32.6 Å². The SMILES string of the molecule is CCOCCCNC(N)=NCCCS(C)(=O)=O.I.